The van der Waals surface area contributed by atoms with Gasteiger partial charge < -0.3 is 34.3 Å². The Morgan fingerprint density at radius 1 is 1.03 bits per heavy atom. The average molecular weight is 893 g/mol. The molecule has 0 bridgehead atoms. The van der Waals surface area contributed by atoms with Crippen molar-refractivity contribution in [1.82, 2.24) is 30.5 Å². The molecular weight excluding hydrogens is 832 g/mol. The van der Waals surface area contributed by atoms with Gasteiger partial charge in [-0.2, -0.15) is 0 Å². The van der Waals surface area contributed by atoms with Crippen LogP contribution in [-0.4, -0.2) is 102 Å². The van der Waals surface area contributed by atoms with E-state index in [4.69, 9.17) is 35.3 Å². The lowest BCUT2D eigenvalue weighted by atomic mass is 9.92. The molecule has 63 heavy (non-hydrogen) atoms. The van der Waals surface area contributed by atoms with E-state index in [-0.39, 0.29) is 55.8 Å². The molecule has 0 radical (unpaired) electrons. The minimum atomic E-state index is -1.23. The molecule has 16 nitrogen and oxygen atoms in total. The molecule has 2 aromatic carbocycles. The first-order valence-corrected chi connectivity index (χ1v) is 21.7. The van der Waals surface area contributed by atoms with Gasteiger partial charge in [0.25, 0.3) is 0 Å². The van der Waals surface area contributed by atoms with Crippen LogP contribution < -0.4 is 15.4 Å². The van der Waals surface area contributed by atoms with Crippen LogP contribution in [0.4, 0.5) is 0 Å². The molecule has 2 amide bonds. The van der Waals surface area contributed by atoms with Gasteiger partial charge >= 0.3 is 17.9 Å². The van der Waals surface area contributed by atoms with Crippen LogP contribution in [0.2, 0.25) is 5.02 Å². The Morgan fingerprint density at radius 2 is 1.76 bits per heavy atom. The molecule has 1 aromatic heterocycles. The Labute approximate surface area is 374 Å². The predicted octanol–water partition coefficient (Wildman–Crippen LogP) is 5.30. The quantitative estimate of drug-likeness (QED) is 0.107. The van der Waals surface area contributed by atoms with Gasteiger partial charge in [0.15, 0.2) is 6.10 Å². The fourth-order valence-corrected chi connectivity index (χ4v) is 7.57. The van der Waals surface area contributed by atoms with Crippen LogP contribution in [0.15, 0.2) is 60.8 Å². The molecule has 5 rings (SSSR count). The summed E-state index contributed by atoms with van der Waals surface area (Å²) in [6, 6.07) is 12.3. The number of halogens is 1. The van der Waals surface area contributed by atoms with E-state index in [9.17, 15) is 24.0 Å². The fraction of sp³-hybridized carbons (Fsp3) is 0.543. The van der Waals surface area contributed by atoms with Gasteiger partial charge in [0.2, 0.25) is 11.8 Å². The van der Waals surface area contributed by atoms with E-state index >= 15 is 0 Å². The highest BCUT2D eigenvalue weighted by Gasteiger charge is 2.48. The van der Waals surface area contributed by atoms with Crippen LogP contribution in [0.3, 0.4) is 0 Å². The van der Waals surface area contributed by atoms with Crippen LogP contribution in [0.25, 0.3) is 0 Å². The zero-order chi connectivity index (χ0) is 45.8. The molecule has 0 aliphatic carbocycles. The number of methoxy groups -OCH3 is 2. The second-order valence-corrected chi connectivity index (χ2v) is 17.8. The lowest BCUT2D eigenvalue weighted by Gasteiger charge is -2.29. The number of rotatable bonds is 16. The van der Waals surface area contributed by atoms with E-state index in [0.29, 0.717) is 48.8 Å². The Balaban J connectivity index is 1.27. The molecule has 3 heterocycles. The maximum absolute atomic E-state index is 13.9. The molecule has 0 unspecified atom stereocenters. The van der Waals surface area contributed by atoms with Crippen molar-refractivity contribution in [3.05, 3.63) is 88.2 Å². The van der Waals surface area contributed by atoms with E-state index < -0.39 is 47.4 Å². The molecule has 1 fully saturated rings. The van der Waals surface area contributed by atoms with Gasteiger partial charge in [0, 0.05) is 57.6 Å². The second kappa shape index (κ2) is 22.3. The van der Waals surface area contributed by atoms with E-state index in [2.05, 4.69) is 38.0 Å². The molecule has 2 N–H and O–H groups in total. The topological polar surface area (TPSA) is 193 Å². The highest BCUT2D eigenvalue weighted by atomic mass is 35.5. The number of aromatic nitrogens is 3. The zero-order valence-electron chi connectivity index (χ0n) is 37.4. The number of nitrogens with zero attached hydrogens (tertiary/aromatic N) is 4. The third kappa shape index (κ3) is 14.3. The minimum Gasteiger partial charge on any atom is -0.495 e. The summed E-state index contributed by atoms with van der Waals surface area (Å²) in [4.78, 5) is 68.0. The van der Waals surface area contributed by atoms with Crippen LogP contribution >= 0.6 is 11.6 Å². The molecule has 1 saturated heterocycles. The van der Waals surface area contributed by atoms with Crippen molar-refractivity contribution in [2.24, 2.45) is 17.3 Å². The van der Waals surface area contributed by atoms with Gasteiger partial charge in [0.05, 0.1) is 36.5 Å². The third-order valence-corrected chi connectivity index (χ3v) is 11.3. The summed E-state index contributed by atoms with van der Waals surface area (Å²) in [6.45, 7) is 10.7. The summed E-state index contributed by atoms with van der Waals surface area (Å²) in [6.07, 6.45) is 3.75. The lowest BCUT2D eigenvalue weighted by Crippen LogP contribution is -2.51. The Morgan fingerprint density at radius 3 is 2.44 bits per heavy atom. The number of cyclic esters (lactones) is 2. The number of benzene rings is 2. The predicted molar refractivity (Wildman–Crippen MR) is 233 cm³/mol. The molecule has 17 heteroatoms. The van der Waals surface area contributed by atoms with E-state index in [1.807, 2.05) is 46.1 Å². The molecule has 0 saturated carbocycles. The van der Waals surface area contributed by atoms with Crippen LogP contribution in [0.5, 0.6) is 5.75 Å². The maximum atomic E-state index is 13.9. The van der Waals surface area contributed by atoms with Gasteiger partial charge in [-0.15, -0.1) is 5.10 Å². The zero-order valence-corrected chi connectivity index (χ0v) is 38.2. The van der Waals surface area contributed by atoms with Crippen molar-refractivity contribution in [2.45, 2.75) is 117 Å². The number of epoxide rings is 1. The Hall–Kier alpha value is -5.32. The highest BCUT2D eigenvalue weighted by Crippen LogP contribution is 2.45. The second-order valence-electron chi connectivity index (χ2n) is 17.4. The number of nitrogens with one attached hydrogen (secondary N) is 2. The average Bonchev–Trinajstić information content (AvgIpc) is 3.92. The summed E-state index contributed by atoms with van der Waals surface area (Å²) in [7, 11) is 4.88. The van der Waals surface area contributed by atoms with Gasteiger partial charge in [-0.05, 0) is 74.6 Å². The number of carbonyl (C=O) groups excluding carboxylic acids is 5. The molecule has 0 spiro atoms. The largest absolute Gasteiger partial charge is 0.495 e. The van der Waals surface area contributed by atoms with Gasteiger partial charge in [-0.3, -0.25) is 28.8 Å². The molecule has 342 valence electrons. The summed E-state index contributed by atoms with van der Waals surface area (Å²) in [5, 5.41) is 14.4. The number of aryl methyl sites for hydroxylation is 1. The highest BCUT2D eigenvalue weighted by molar-refractivity contribution is 6.32. The lowest BCUT2D eigenvalue weighted by molar-refractivity contribution is -0.179. The maximum Gasteiger partial charge on any atom is 0.347 e. The number of hydrogen-bond donors (Lipinski definition) is 2. The summed E-state index contributed by atoms with van der Waals surface area (Å²) < 4.78 is 29.9. The van der Waals surface area contributed by atoms with Gasteiger partial charge in [-0.25, -0.2) is 4.79 Å². The summed E-state index contributed by atoms with van der Waals surface area (Å²) in [5.41, 5.74) is 2.33. The van der Waals surface area contributed by atoms with Crippen molar-refractivity contribution < 1.29 is 47.7 Å². The smallest absolute Gasteiger partial charge is 0.347 e. The Bertz CT molecular complexity index is 2090. The molecular formula is C46H61ClN6O10. The van der Waals surface area contributed by atoms with Crippen LogP contribution in [0, 0.1) is 17.3 Å². The first-order valence-electron chi connectivity index (χ1n) is 21.3. The first-order chi connectivity index (χ1) is 30.0. The van der Waals surface area contributed by atoms with E-state index in [1.54, 1.807) is 42.8 Å². The number of hydrogen-bond acceptors (Lipinski definition) is 13. The van der Waals surface area contributed by atoms with Crippen molar-refractivity contribution in [1.29, 1.82) is 0 Å². The SMILES string of the molecule is COC(=O)CCCn1cc(CN(C)Cc2ccc([C@H]3O[C@@H]3[C@@H](C)[C@@H]3CC=CC(=O)N[C@H](Cc4ccc(OC)c(Cl)c4)C(=O)NCC(C)(C)C(=O)O[C@@H](CC(C)C)C(=O)O3)cc2)nn1. The Kier molecular flexibility index (Phi) is 17.3. The van der Waals surface area contributed by atoms with Crippen molar-refractivity contribution >= 4 is 41.3 Å². The van der Waals surface area contributed by atoms with Crippen LogP contribution in [0.1, 0.15) is 88.8 Å². The summed E-state index contributed by atoms with van der Waals surface area (Å²) in [5.74, 6) is -2.52. The van der Waals surface area contributed by atoms with Gasteiger partial charge in [0.1, 0.15) is 24.0 Å². The normalized spacial score (nSPS) is 22.5. The third-order valence-electron chi connectivity index (χ3n) is 11.1. The van der Waals surface area contributed by atoms with Gasteiger partial charge in [-0.1, -0.05) is 74.0 Å². The molecule has 3 aromatic rings. The molecule has 2 aliphatic rings. The standard InChI is InChI=1S/C46H61ClN6O10/c1-28(2)21-38-44(57)61-36(11-9-12-39(54)49-35(23-31-16-19-37(59-7)34(47)22-31)43(56)48-27-46(4,5)45(58)62-38)29(3)41-42(63-41)32-17-14-30(15-18-32)24-52(6)25-33-26-53(51-50-33)20-10-13-40(55)60-8/h9,12,14-19,22,26,28-29,35-36,38,41-42H,10-11,13,20-21,23-25,27H2,1-8H3,(H,48,56)(H,49,54)/t29-,35+,36-,38-,41+,42+/m0/s1. The minimum absolute atomic E-state index is 0.0135. The number of amides is 2. The van der Waals surface area contributed by atoms with Crippen molar-refractivity contribution in [2.75, 3.05) is 27.8 Å². The molecule has 2 aliphatic heterocycles. The van der Waals surface area contributed by atoms with E-state index in [0.717, 1.165) is 16.8 Å². The van der Waals surface area contributed by atoms with Crippen LogP contribution in [-0.2, 0) is 69.0 Å². The van der Waals surface area contributed by atoms with E-state index in [1.165, 1.54) is 20.3 Å². The number of ether oxygens (including phenoxy) is 5. The first kappa shape index (κ1) is 48.7. The number of esters is 3. The summed E-state index contributed by atoms with van der Waals surface area (Å²) >= 11 is 6.37. The fourth-order valence-electron chi connectivity index (χ4n) is 7.29. The van der Waals surface area contributed by atoms with Crippen molar-refractivity contribution in [3.63, 3.8) is 0 Å². The molecule has 6 atom stereocenters. The van der Waals surface area contributed by atoms with Crippen molar-refractivity contribution in [3.8, 4) is 5.75 Å². The number of carbonyl (C=O) groups is 5. The monoisotopic (exact) mass is 892 g/mol.